The molecule has 0 saturated carbocycles. The molecule has 0 aliphatic rings. The number of carbonyl (C=O) groups excluding carboxylic acids is 2. The maximum Gasteiger partial charge on any atom is 0.144 e. The molecule has 12 heavy (non-hydrogen) atoms. The van der Waals surface area contributed by atoms with E-state index in [9.17, 15) is 9.59 Å². The zero-order valence-corrected chi connectivity index (χ0v) is 7.81. The van der Waals surface area contributed by atoms with E-state index in [1.807, 2.05) is 0 Å². The van der Waals surface area contributed by atoms with Crippen LogP contribution in [0.2, 0.25) is 0 Å². The third-order valence-electron chi connectivity index (χ3n) is 2.36. The number of rotatable bonds is 4. The molecule has 0 unspecified atom stereocenters. The van der Waals surface area contributed by atoms with Gasteiger partial charge in [-0.1, -0.05) is 6.92 Å². The molecule has 0 aliphatic carbocycles. The van der Waals surface area contributed by atoms with Crippen LogP contribution < -0.4 is 0 Å². The lowest BCUT2D eigenvalue weighted by molar-refractivity contribution is -0.138. The second-order valence-electron chi connectivity index (χ2n) is 2.93. The van der Waals surface area contributed by atoms with Crippen molar-refractivity contribution in [1.29, 1.82) is 0 Å². The smallest absolute Gasteiger partial charge is 0.144 e. The Bertz CT molecular complexity index is 219. The first-order valence-corrected chi connectivity index (χ1v) is 3.96. The molecule has 0 aromatic rings. The summed E-state index contributed by atoms with van der Waals surface area (Å²) in [5, 5.41) is 0. The van der Waals surface area contributed by atoms with Gasteiger partial charge in [-0.3, -0.25) is 9.59 Å². The van der Waals surface area contributed by atoms with E-state index in [0.717, 1.165) is 0 Å². The summed E-state index contributed by atoms with van der Waals surface area (Å²) in [7, 11) is 0. The SMILES string of the molecule is C#CCC(CC)(C(C)=O)C(C)=O. The van der Waals surface area contributed by atoms with Crippen molar-refractivity contribution in [1.82, 2.24) is 0 Å². The van der Waals surface area contributed by atoms with Crippen LogP contribution in [-0.2, 0) is 9.59 Å². The number of Topliss-reactive ketones (excluding diaryl/α,β-unsaturated/α-hetero) is 2. The van der Waals surface area contributed by atoms with Gasteiger partial charge in [-0.15, -0.1) is 12.3 Å². The number of ketones is 2. The molecule has 0 rings (SSSR count). The molecule has 0 spiro atoms. The maximum atomic E-state index is 11.2. The van der Waals surface area contributed by atoms with Gasteiger partial charge >= 0.3 is 0 Å². The lowest BCUT2D eigenvalue weighted by Gasteiger charge is -2.24. The van der Waals surface area contributed by atoms with Gasteiger partial charge < -0.3 is 0 Å². The van der Waals surface area contributed by atoms with Crippen molar-refractivity contribution in [2.24, 2.45) is 5.41 Å². The van der Waals surface area contributed by atoms with E-state index in [0.29, 0.717) is 6.42 Å². The van der Waals surface area contributed by atoms with Gasteiger partial charge in [0.15, 0.2) is 0 Å². The predicted molar refractivity (Wildman–Crippen MR) is 47.5 cm³/mol. The molecule has 0 N–H and O–H groups in total. The van der Waals surface area contributed by atoms with Crippen LogP contribution in [0.3, 0.4) is 0 Å². The molecule has 0 aliphatic heterocycles. The average molecular weight is 166 g/mol. The van der Waals surface area contributed by atoms with Crippen LogP contribution in [0.15, 0.2) is 0 Å². The molecule has 0 atom stereocenters. The van der Waals surface area contributed by atoms with Gasteiger partial charge in [0.05, 0.1) is 5.41 Å². The topological polar surface area (TPSA) is 34.1 Å². The Morgan fingerprint density at radius 2 is 1.75 bits per heavy atom. The van der Waals surface area contributed by atoms with Crippen LogP contribution in [0.1, 0.15) is 33.6 Å². The lowest BCUT2D eigenvalue weighted by Crippen LogP contribution is -2.35. The fourth-order valence-corrected chi connectivity index (χ4v) is 1.29. The summed E-state index contributed by atoms with van der Waals surface area (Å²) in [5.74, 6) is 2.12. The molecule has 0 bridgehead atoms. The molecule has 0 heterocycles. The highest BCUT2D eigenvalue weighted by molar-refractivity contribution is 6.05. The van der Waals surface area contributed by atoms with E-state index >= 15 is 0 Å². The van der Waals surface area contributed by atoms with Crippen LogP contribution in [-0.4, -0.2) is 11.6 Å². The van der Waals surface area contributed by atoms with Gasteiger partial charge in [0.25, 0.3) is 0 Å². The Morgan fingerprint density at radius 1 is 1.33 bits per heavy atom. The molecule has 0 aromatic heterocycles. The van der Waals surface area contributed by atoms with E-state index in [-0.39, 0.29) is 18.0 Å². The van der Waals surface area contributed by atoms with Crippen molar-refractivity contribution < 1.29 is 9.59 Å². The van der Waals surface area contributed by atoms with E-state index in [2.05, 4.69) is 5.92 Å². The summed E-state index contributed by atoms with van der Waals surface area (Å²) in [6.07, 6.45) is 5.82. The molecule has 66 valence electrons. The first-order chi connectivity index (χ1) is 5.51. The fraction of sp³-hybridized carbons (Fsp3) is 0.600. The number of terminal acetylenes is 1. The van der Waals surface area contributed by atoms with Gasteiger partial charge in [-0.2, -0.15) is 0 Å². The fourth-order valence-electron chi connectivity index (χ4n) is 1.29. The van der Waals surface area contributed by atoms with Gasteiger partial charge in [0, 0.05) is 6.42 Å². The monoisotopic (exact) mass is 166 g/mol. The lowest BCUT2D eigenvalue weighted by atomic mass is 9.75. The Labute approximate surface area is 73.3 Å². The molecule has 0 saturated heterocycles. The Balaban J connectivity index is 4.92. The Hall–Kier alpha value is -1.10. The maximum absolute atomic E-state index is 11.2. The summed E-state index contributed by atoms with van der Waals surface area (Å²) in [6.45, 7) is 4.64. The van der Waals surface area contributed by atoms with Crippen molar-refractivity contribution >= 4 is 11.6 Å². The van der Waals surface area contributed by atoms with E-state index in [1.54, 1.807) is 6.92 Å². The van der Waals surface area contributed by atoms with Crippen LogP contribution in [0.25, 0.3) is 0 Å². The van der Waals surface area contributed by atoms with Crippen molar-refractivity contribution in [3.63, 3.8) is 0 Å². The molecule has 2 heteroatoms. The van der Waals surface area contributed by atoms with Gasteiger partial charge in [0.2, 0.25) is 0 Å². The predicted octanol–water partition coefficient (Wildman–Crippen LogP) is 1.58. The number of hydrogen-bond donors (Lipinski definition) is 0. The van der Waals surface area contributed by atoms with Gasteiger partial charge in [-0.05, 0) is 20.3 Å². The molecule has 0 fully saturated rings. The standard InChI is InChI=1S/C10H14O2/c1-5-7-10(6-2,8(3)11)9(4)12/h1H,6-7H2,2-4H3. The van der Waals surface area contributed by atoms with Crippen molar-refractivity contribution in [3.8, 4) is 12.3 Å². The highest BCUT2D eigenvalue weighted by Crippen LogP contribution is 2.28. The molecule has 0 amide bonds. The van der Waals surface area contributed by atoms with Crippen LogP contribution in [0, 0.1) is 17.8 Å². The highest BCUT2D eigenvalue weighted by Gasteiger charge is 2.37. The van der Waals surface area contributed by atoms with Crippen molar-refractivity contribution in [3.05, 3.63) is 0 Å². The normalized spacial score (nSPS) is 10.5. The second kappa shape index (κ2) is 4.06. The zero-order chi connectivity index (χ0) is 9.78. The Morgan fingerprint density at radius 3 is 1.83 bits per heavy atom. The highest BCUT2D eigenvalue weighted by atomic mass is 16.2. The van der Waals surface area contributed by atoms with Crippen LogP contribution in [0.4, 0.5) is 0 Å². The molecule has 0 radical (unpaired) electrons. The molecular weight excluding hydrogens is 152 g/mol. The van der Waals surface area contributed by atoms with Crippen LogP contribution in [0.5, 0.6) is 0 Å². The van der Waals surface area contributed by atoms with E-state index in [1.165, 1.54) is 13.8 Å². The minimum atomic E-state index is -0.922. The summed E-state index contributed by atoms with van der Waals surface area (Å²) < 4.78 is 0. The number of hydrogen-bond acceptors (Lipinski definition) is 2. The summed E-state index contributed by atoms with van der Waals surface area (Å²) >= 11 is 0. The average Bonchev–Trinajstić information content (AvgIpc) is 1.98. The third kappa shape index (κ3) is 1.73. The minimum absolute atomic E-state index is 0.129. The number of carbonyl (C=O) groups is 2. The largest absolute Gasteiger partial charge is 0.299 e. The van der Waals surface area contributed by atoms with E-state index < -0.39 is 5.41 Å². The van der Waals surface area contributed by atoms with Gasteiger partial charge in [-0.25, -0.2) is 0 Å². The van der Waals surface area contributed by atoms with E-state index in [4.69, 9.17) is 6.42 Å². The Kier molecular flexibility index (Phi) is 3.69. The van der Waals surface area contributed by atoms with Gasteiger partial charge in [0.1, 0.15) is 11.6 Å². The summed E-state index contributed by atoms with van der Waals surface area (Å²) in [4.78, 5) is 22.4. The second-order valence-corrected chi connectivity index (χ2v) is 2.93. The van der Waals surface area contributed by atoms with Crippen LogP contribution >= 0.6 is 0 Å². The minimum Gasteiger partial charge on any atom is -0.299 e. The third-order valence-corrected chi connectivity index (χ3v) is 2.36. The zero-order valence-electron chi connectivity index (χ0n) is 7.81. The van der Waals surface area contributed by atoms with Crippen molar-refractivity contribution in [2.45, 2.75) is 33.6 Å². The molecular formula is C10H14O2. The first-order valence-electron chi connectivity index (χ1n) is 3.96. The quantitative estimate of drug-likeness (QED) is 0.469. The first kappa shape index (κ1) is 10.9. The summed E-state index contributed by atoms with van der Waals surface area (Å²) in [5.41, 5.74) is -0.922. The van der Waals surface area contributed by atoms with Crippen molar-refractivity contribution in [2.75, 3.05) is 0 Å². The summed E-state index contributed by atoms with van der Waals surface area (Å²) in [6, 6.07) is 0. The molecule has 0 aromatic carbocycles. The molecule has 2 nitrogen and oxygen atoms in total.